The second kappa shape index (κ2) is 8.81. The Hall–Kier alpha value is -4.33. The van der Waals surface area contributed by atoms with Gasteiger partial charge in [-0.15, -0.1) is 0 Å². The highest BCUT2D eigenvalue weighted by atomic mass is 19.1. The van der Waals surface area contributed by atoms with E-state index in [1.54, 1.807) is 30.3 Å². The van der Waals surface area contributed by atoms with Gasteiger partial charge < -0.3 is 15.7 Å². The highest BCUT2D eigenvalue weighted by Crippen LogP contribution is 2.27. The molecular formula is C24H18FN4O3. The lowest BCUT2D eigenvalue weighted by Crippen LogP contribution is -2.13. The van der Waals surface area contributed by atoms with Gasteiger partial charge in [0, 0.05) is 16.6 Å². The number of halogens is 1. The molecule has 0 saturated carbocycles. The molecule has 0 bridgehead atoms. The van der Waals surface area contributed by atoms with Gasteiger partial charge >= 0.3 is 0 Å². The molecule has 8 heteroatoms. The van der Waals surface area contributed by atoms with E-state index in [9.17, 15) is 19.1 Å². The van der Waals surface area contributed by atoms with E-state index >= 15 is 0 Å². The summed E-state index contributed by atoms with van der Waals surface area (Å²) in [5, 5.41) is 16.2. The lowest BCUT2D eigenvalue weighted by atomic mass is 10.1. The van der Waals surface area contributed by atoms with Gasteiger partial charge in [-0.1, -0.05) is 18.2 Å². The average Bonchev–Trinajstić information content (AvgIpc) is 2.80. The molecule has 1 atom stereocenters. The number of carbonyl (C=O) groups excluding carboxylic acids is 2. The number of nitrogens with one attached hydrogen (secondary N) is 2. The average molecular weight is 429 g/mol. The first-order valence-corrected chi connectivity index (χ1v) is 9.74. The standard InChI is InChI=1S/C24H18FN4O3/c1-14(28-23-19-7-3-5-17(12-30)22(19)26-13-27-23)15-4-2-6-18(10-15)29-24(32)16-8-9-20(25)21(31)11-16/h2-11,13-14,31H,1H3,(H,29,32)(H,26,27,28). The number of benzene rings is 3. The number of hydrogen-bond acceptors (Lipinski definition) is 6. The van der Waals surface area contributed by atoms with Crippen molar-refractivity contribution in [3.05, 3.63) is 89.5 Å². The smallest absolute Gasteiger partial charge is 0.255 e. The van der Waals surface area contributed by atoms with Gasteiger partial charge in [-0.2, -0.15) is 0 Å². The van der Waals surface area contributed by atoms with Crippen LogP contribution < -0.4 is 10.6 Å². The third-order valence-electron chi connectivity index (χ3n) is 4.98. The molecule has 159 valence electrons. The number of para-hydroxylation sites is 1. The van der Waals surface area contributed by atoms with E-state index in [1.165, 1.54) is 12.4 Å². The number of carbonyl (C=O) groups is 1. The molecule has 0 aliphatic rings. The molecule has 7 nitrogen and oxygen atoms in total. The molecule has 0 saturated heterocycles. The van der Waals surface area contributed by atoms with Crippen molar-refractivity contribution in [1.82, 2.24) is 9.97 Å². The van der Waals surface area contributed by atoms with Gasteiger partial charge in [0.15, 0.2) is 11.6 Å². The summed E-state index contributed by atoms with van der Waals surface area (Å²) in [5.74, 6) is -1.29. The minimum Gasteiger partial charge on any atom is -0.505 e. The van der Waals surface area contributed by atoms with Gasteiger partial charge in [-0.25, -0.2) is 14.4 Å². The van der Waals surface area contributed by atoms with Gasteiger partial charge in [0.25, 0.3) is 5.91 Å². The fourth-order valence-corrected chi connectivity index (χ4v) is 3.32. The van der Waals surface area contributed by atoms with Crippen LogP contribution in [0, 0.1) is 5.82 Å². The first kappa shape index (κ1) is 20.9. The third-order valence-corrected chi connectivity index (χ3v) is 4.98. The summed E-state index contributed by atoms with van der Waals surface area (Å²) in [4.78, 5) is 32.1. The zero-order valence-corrected chi connectivity index (χ0v) is 17.0. The highest BCUT2D eigenvalue weighted by molar-refractivity contribution is 6.04. The zero-order valence-electron chi connectivity index (χ0n) is 17.0. The van der Waals surface area contributed by atoms with Crippen molar-refractivity contribution in [2.75, 3.05) is 10.6 Å². The number of phenols is 1. The van der Waals surface area contributed by atoms with Crippen LogP contribution in [0.25, 0.3) is 10.9 Å². The van der Waals surface area contributed by atoms with Gasteiger partial charge in [-0.3, -0.25) is 9.59 Å². The van der Waals surface area contributed by atoms with Crippen LogP contribution in [0.4, 0.5) is 15.9 Å². The highest BCUT2D eigenvalue weighted by Gasteiger charge is 2.13. The first-order chi connectivity index (χ1) is 15.5. The summed E-state index contributed by atoms with van der Waals surface area (Å²) in [6.45, 7) is 1.93. The van der Waals surface area contributed by atoms with Crippen molar-refractivity contribution in [1.29, 1.82) is 0 Å². The van der Waals surface area contributed by atoms with E-state index in [0.717, 1.165) is 17.7 Å². The predicted molar refractivity (Wildman–Crippen MR) is 119 cm³/mol. The Balaban J connectivity index is 1.54. The summed E-state index contributed by atoms with van der Waals surface area (Å²) in [6.07, 6.45) is 3.27. The molecule has 1 radical (unpaired) electrons. The maximum Gasteiger partial charge on any atom is 0.255 e. The number of rotatable bonds is 6. The van der Waals surface area contributed by atoms with E-state index in [-0.39, 0.29) is 11.6 Å². The van der Waals surface area contributed by atoms with Gasteiger partial charge in [-0.05, 0) is 55.0 Å². The number of nitrogens with zero attached hydrogens (tertiary/aromatic N) is 2. The Labute approximate surface area is 183 Å². The van der Waals surface area contributed by atoms with E-state index in [2.05, 4.69) is 20.6 Å². The molecule has 1 unspecified atom stereocenters. The van der Waals surface area contributed by atoms with Crippen LogP contribution >= 0.6 is 0 Å². The van der Waals surface area contributed by atoms with Crippen molar-refractivity contribution >= 4 is 34.6 Å². The topological polar surface area (TPSA) is 104 Å². The lowest BCUT2D eigenvalue weighted by molar-refractivity contribution is 0.102. The number of amides is 1. The fourth-order valence-electron chi connectivity index (χ4n) is 3.32. The number of phenolic OH excluding ortho intramolecular Hbond substituents is 1. The van der Waals surface area contributed by atoms with Crippen LogP contribution in [-0.4, -0.2) is 27.3 Å². The fraction of sp³-hybridized carbons (Fsp3) is 0.0833. The molecule has 0 aliphatic heterocycles. The van der Waals surface area contributed by atoms with Crippen LogP contribution in [0.2, 0.25) is 0 Å². The lowest BCUT2D eigenvalue weighted by Gasteiger charge is -2.17. The van der Waals surface area contributed by atoms with Crippen LogP contribution in [0.1, 0.15) is 34.5 Å². The summed E-state index contributed by atoms with van der Waals surface area (Å²) >= 11 is 0. The van der Waals surface area contributed by atoms with Crippen molar-refractivity contribution in [2.45, 2.75) is 13.0 Å². The minimum atomic E-state index is -0.793. The molecule has 1 aromatic heterocycles. The Morgan fingerprint density at radius 3 is 2.69 bits per heavy atom. The van der Waals surface area contributed by atoms with E-state index in [1.807, 2.05) is 25.3 Å². The third kappa shape index (κ3) is 4.24. The maximum absolute atomic E-state index is 13.2. The van der Waals surface area contributed by atoms with Crippen molar-refractivity contribution in [2.24, 2.45) is 0 Å². The van der Waals surface area contributed by atoms with E-state index < -0.39 is 17.5 Å². The molecule has 1 amide bonds. The van der Waals surface area contributed by atoms with E-state index in [0.29, 0.717) is 28.0 Å². The first-order valence-electron chi connectivity index (χ1n) is 9.74. The molecular weight excluding hydrogens is 411 g/mol. The number of aromatic hydroxyl groups is 1. The number of anilines is 2. The minimum absolute atomic E-state index is 0.135. The molecule has 0 spiro atoms. The molecule has 3 N–H and O–H groups in total. The molecule has 1 heterocycles. The second-order valence-electron chi connectivity index (χ2n) is 7.14. The quantitative estimate of drug-likeness (QED) is 0.421. The summed E-state index contributed by atoms with van der Waals surface area (Å²) in [6, 6.07) is 15.6. The van der Waals surface area contributed by atoms with Gasteiger partial charge in [0.1, 0.15) is 12.1 Å². The summed E-state index contributed by atoms with van der Waals surface area (Å²) in [7, 11) is 0. The van der Waals surface area contributed by atoms with Crippen molar-refractivity contribution in [3.63, 3.8) is 0 Å². The SMILES string of the molecule is CC(Nc1ncnc2c([C]=O)cccc12)c1cccc(NC(=O)c2ccc(F)c(O)c2)c1. The molecule has 0 fully saturated rings. The zero-order chi connectivity index (χ0) is 22.7. The molecule has 0 aliphatic carbocycles. The Morgan fingerprint density at radius 1 is 1.09 bits per heavy atom. The van der Waals surface area contributed by atoms with Crippen LogP contribution in [0.5, 0.6) is 5.75 Å². The number of fused-ring (bicyclic) bond motifs is 1. The normalized spacial score (nSPS) is 11.7. The Bertz CT molecular complexity index is 1330. The molecule has 4 rings (SSSR count). The summed E-state index contributed by atoms with van der Waals surface area (Å²) < 4.78 is 13.2. The van der Waals surface area contributed by atoms with Crippen LogP contribution in [-0.2, 0) is 4.79 Å². The van der Waals surface area contributed by atoms with Crippen molar-refractivity contribution in [3.8, 4) is 5.75 Å². The number of hydrogen-bond donors (Lipinski definition) is 3. The summed E-state index contributed by atoms with van der Waals surface area (Å²) in [5.41, 5.74) is 2.41. The van der Waals surface area contributed by atoms with Gasteiger partial charge in [0.2, 0.25) is 6.29 Å². The van der Waals surface area contributed by atoms with E-state index in [4.69, 9.17) is 0 Å². The number of aromatic nitrogens is 2. The Morgan fingerprint density at radius 2 is 1.91 bits per heavy atom. The van der Waals surface area contributed by atoms with Gasteiger partial charge in [0.05, 0.1) is 17.1 Å². The monoisotopic (exact) mass is 429 g/mol. The van der Waals surface area contributed by atoms with Crippen LogP contribution in [0.3, 0.4) is 0 Å². The largest absolute Gasteiger partial charge is 0.505 e. The Kier molecular flexibility index (Phi) is 5.76. The molecule has 4 aromatic rings. The predicted octanol–water partition coefficient (Wildman–Crippen LogP) is 4.36. The molecule has 3 aromatic carbocycles. The van der Waals surface area contributed by atoms with Crippen molar-refractivity contribution < 1.29 is 19.1 Å². The second-order valence-corrected chi connectivity index (χ2v) is 7.14. The molecule has 32 heavy (non-hydrogen) atoms. The van der Waals surface area contributed by atoms with Crippen LogP contribution in [0.15, 0.2) is 67.0 Å². The maximum atomic E-state index is 13.2.